The lowest BCUT2D eigenvalue weighted by molar-refractivity contribution is -0.117. The van der Waals surface area contributed by atoms with Gasteiger partial charge in [-0.15, -0.1) is 0 Å². The monoisotopic (exact) mass is 439 g/mol. The number of halogens is 1. The van der Waals surface area contributed by atoms with Crippen molar-refractivity contribution in [1.82, 2.24) is 20.3 Å². The van der Waals surface area contributed by atoms with Crippen LogP contribution in [0.4, 0.5) is 11.8 Å². The number of aromatic amines is 1. The Morgan fingerprint density at radius 1 is 1.42 bits per heavy atom. The number of H-pyrrole nitrogens is 1. The number of aliphatic imine (C=N–C) groups is 2. The average molecular weight is 440 g/mol. The standard InChI is InChI=1S/C17H14ClN5O2.C3H4N2O/c1-23(9-12-3-2-4-25-12)17-21-14(16(24)22-17)5-10-7-19-15-13(10)6-11(18)8-20-15;6-3-1-4-2-5-3/h2-8,24H,9H2,1H3,(H,21,22);2H,1H2,(H,4,5,6). The molecule has 0 saturated heterocycles. The van der Waals surface area contributed by atoms with Gasteiger partial charge in [0, 0.05) is 30.6 Å². The quantitative estimate of drug-likeness (QED) is 0.572. The number of anilines is 1. The first kappa shape index (κ1) is 20.4. The van der Waals surface area contributed by atoms with E-state index in [2.05, 4.69) is 30.3 Å². The maximum atomic E-state index is 10.1. The summed E-state index contributed by atoms with van der Waals surface area (Å²) >= 11 is 6.01. The summed E-state index contributed by atoms with van der Waals surface area (Å²) in [6.45, 7) is 0.833. The molecule has 0 spiro atoms. The van der Waals surface area contributed by atoms with Crippen LogP contribution in [0.2, 0.25) is 5.02 Å². The van der Waals surface area contributed by atoms with Gasteiger partial charge in [0.1, 0.15) is 18.0 Å². The van der Waals surface area contributed by atoms with Crippen molar-refractivity contribution in [2.45, 2.75) is 6.54 Å². The number of nitrogens with zero attached hydrogens (tertiary/aromatic N) is 5. The van der Waals surface area contributed by atoms with Gasteiger partial charge in [0.2, 0.25) is 17.7 Å². The number of hydrogen-bond donors (Lipinski definition) is 3. The van der Waals surface area contributed by atoms with Crippen molar-refractivity contribution in [3.05, 3.63) is 52.7 Å². The molecule has 0 bridgehead atoms. The van der Waals surface area contributed by atoms with E-state index in [1.54, 1.807) is 30.8 Å². The van der Waals surface area contributed by atoms with E-state index in [1.165, 1.54) is 6.34 Å². The number of allylic oxidation sites excluding steroid dienone is 1. The number of carbonyl (C=O) groups excluding carboxylic acids is 1. The number of aromatic hydroxyl groups is 1. The third-order valence-electron chi connectivity index (χ3n) is 4.36. The number of furan rings is 1. The van der Waals surface area contributed by atoms with Crippen LogP contribution in [-0.4, -0.2) is 52.1 Å². The lowest BCUT2D eigenvalue weighted by atomic mass is 10.1. The third-order valence-corrected chi connectivity index (χ3v) is 4.56. The highest BCUT2D eigenvalue weighted by Gasteiger charge is 2.17. The molecular formula is C20H18ClN7O3. The van der Waals surface area contributed by atoms with Crippen molar-refractivity contribution < 1.29 is 14.3 Å². The Hall–Kier alpha value is -3.92. The molecule has 0 saturated carbocycles. The van der Waals surface area contributed by atoms with Gasteiger partial charge in [-0.05, 0) is 24.3 Å². The minimum atomic E-state index is -0.0920. The molecule has 1 amide bonds. The van der Waals surface area contributed by atoms with E-state index in [0.29, 0.717) is 35.6 Å². The number of amides is 1. The minimum absolute atomic E-state index is 0.0185. The Bertz CT molecular complexity index is 1170. The normalized spacial score (nSPS) is 15.0. The zero-order valence-corrected chi connectivity index (χ0v) is 17.2. The number of fused-ring (bicyclic) bond motifs is 1. The van der Waals surface area contributed by atoms with Gasteiger partial charge in [-0.1, -0.05) is 11.6 Å². The van der Waals surface area contributed by atoms with Crippen molar-refractivity contribution >= 4 is 53.5 Å². The molecule has 158 valence electrons. The van der Waals surface area contributed by atoms with Crippen molar-refractivity contribution in [2.75, 3.05) is 18.5 Å². The summed E-state index contributed by atoms with van der Waals surface area (Å²) in [7, 11) is 1.85. The average Bonchev–Trinajstić information content (AvgIpc) is 3.53. The van der Waals surface area contributed by atoms with Crippen LogP contribution in [0.5, 0.6) is 5.88 Å². The first-order valence-corrected chi connectivity index (χ1v) is 9.59. The van der Waals surface area contributed by atoms with E-state index in [-0.39, 0.29) is 11.8 Å². The Morgan fingerprint density at radius 3 is 2.97 bits per heavy atom. The van der Waals surface area contributed by atoms with E-state index < -0.39 is 0 Å². The maximum absolute atomic E-state index is 10.1. The SMILES string of the molecule is CN(Cc1ccco1)c1nc(O)c(C=C2C=Nc3ncc(Cl)cc32)[nH]1.O=C1CN=CN1. The fourth-order valence-corrected chi connectivity index (χ4v) is 3.03. The molecule has 3 N–H and O–H groups in total. The van der Waals surface area contributed by atoms with Gasteiger partial charge in [0.05, 0.1) is 24.2 Å². The summed E-state index contributed by atoms with van der Waals surface area (Å²) in [5, 5.41) is 13.1. The van der Waals surface area contributed by atoms with Crippen molar-refractivity contribution in [2.24, 2.45) is 9.98 Å². The Balaban J connectivity index is 0.000000334. The summed E-state index contributed by atoms with van der Waals surface area (Å²) in [5.74, 6) is 1.82. The molecule has 0 unspecified atom stereocenters. The van der Waals surface area contributed by atoms with Crippen LogP contribution >= 0.6 is 11.6 Å². The first-order valence-electron chi connectivity index (χ1n) is 9.21. The minimum Gasteiger partial charge on any atom is -0.492 e. The van der Waals surface area contributed by atoms with E-state index >= 15 is 0 Å². The van der Waals surface area contributed by atoms with Gasteiger partial charge < -0.3 is 24.7 Å². The molecule has 3 aromatic heterocycles. The predicted molar refractivity (Wildman–Crippen MR) is 118 cm³/mol. The van der Waals surface area contributed by atoms with Crippen molar-refractivity contribution in [1.29, 1.82) is 0 Å². The number of nitrogens with one attached hydrogen (secondary N) is 2. The van der Waals surface area contributed by atoms with Crippen LogP contribution < -0.4 is 10.2 Å². The van der Waals surface area contributed by atoms with Crippen LogP contribution in [0.3, 0.4) is 0 Å². The van der Waals surface area contributed by atoms with Crippen molar-refractivity contribution in [3.63, 3.8) is 0 Å². The fraction of sp³-hybridized carbons (Fsp3) is 0.150. The molecule has 5 rings (SSSR count). The van der Waals surface area contributed by atoms with Crippen LogP contribution in [0.25, 0.3) is 11.6 Å². The Kier molecular flexibility index (Phi) is 5.80. The van der Waals surface area contributed by atoms with Gasteiger partial charge >= 0.3 is 0 Å². The van der Waals surface area contributed by atoms with E-state index in [0.717, 1.165) is 16.9 Å². The zero-order valence-electron chi connectivity index (χ0n) is 16.4. The molecule has 11 heteroatoms. The smallest absolute Gasteiger partial charge is 0.246 e. The number of aromatic nitrogens is 3. The molecule has 3 aromatic rings. The van der Waals surface area contributed by atoms with E-state index in [1.807, 2.05) is 24.1 Å². The molecular weight excluding hydrogens is 422 g/mol. The van der Waals surface area contributed by atoms with Gasteiger partial charge in [0.15, 0.2) is 5.82 Å². The van der Waals surface area contributed by atoms with Crippen LogP contribution in [0, 0.1) is 0 Å². The molecule has 2 aliphatic rings. The van der Waals surface area contributed by atoms with Gasteiger partial charge in [-0.2, -0.15) is 4.98 Å². The first-order chi connectivity index (χ1) is 15.0. The summed E-state index contributed by atoms with van der Waals surface area (Å²) < 4.78 is 5.33. The van der Waals surface area contributed by atoms with Crippen LogP contribution in [-0.2, 0) is 11.3 Å². The summed E-state index contributed by atoms with van der Waals surface area (Å²) in [6, 6.07) is 5.50. The zero-order chi connectivity index (χ0) is 21.8. The summed E-state index contributed by atoms with van der Waals surface area (Å²) in [6.07, 6.45) is 8.02. The highest BCUT2D eigenvalue weighted by atomic mass is 35.5. The van der Waals surface area contributed by atoms with Gasteiger partial charge in [-0.3, -0.25) is 9.79 Å². The Morgan fingerprint density at radius 2 is 2.29 bits per heavy atom. The molecule has 5 heterocycles. The second-order valence-corrected chi connectivity index (χ2v) is 7.09. The fourth-order valence-electron chi connectivity index (χ4n) is 2.87. The lowest BCUT2D eigenvalue weighted by Gasteiger charge is -2.13. The third kappa shape index (κ3) is 4.81. The topological polar surface area (TPSA) is 132 Å². The molecule has 10 nitrogen and oxygen atoms in total. The second kappa shape index (κ2) is 8.84. The van der Waals surface area contributed by atoms with Crippen molar-refractivity contribution in [3.8, 4) is 5.88 Å². The predicted octanol–water partition coefficient (Wildman–Crippen LogP) is 2.79. The molecule has 0 atom stereocenters. The van der Waals surface area contributed by atoms with E-state index in [4.69, 9.17) is 16.0 Å². The number of carbonyl (C=O) groups is 1. The number of pyridine rings is 1. The van der Waals surface area contributed by atoms with Crippen LogP contribution in [0.15, 0.2) is 45.1 Å². The molecule has 0 aromatic carbocycles. The van der Waals surface area contributed by atoms with Gasteiger partial charge in [0.25, 0.3) is 0 Å². The van der Waals surface area contributed by atoms with Crippen LogP contribution in [0.1, 0.15) is 17.0 Å². The summed E-state index contributed by atoms with van der Waals surface area (Å²) in [4.78, 5) is 31.1. The number of hydrogen-bond acceptors (Lipinski definition) is 8. The second-order valence-electron chi connectivity index (χ2n) is 6.65. The maximum Gasteiger partial charge on any atom is 0.246 e. The molecule has 0 fully saturated rings. The molecule has 0 aliphatic carbocycles. The molecule has 2 aliphatic heterocycles. The number of rotatable bonds is 4. The largest absolute Gasteiger partial charge is 0.492 e. The summed E-state index contributed by atoms with van der Waals surface area (Å²) in [5.41, 5.74) is 2.09. The Labute approximate surface area is 182 Å². The number of imidazole rings is 1. The highest BCUT2D eigenvalue weighted by Crippen LogP contribution is 2.33. The molecule has 31 heavy (non-hydrogen) atoms. The molecule has 0 radical (unpaired) electrons. The van der Waals surface area contributed by atoms with Gasteiger partial charge in [-0.25, -0.2) is 9.98 Å². The highest BCUT2D eigenvalue weighted by molar-refractivity contribution is 6.31. The lowest BCUT2D eigenvalue weighted by Crippen LogP contribution is -2.17. The van der Waals surface area contributed by atoms with E-state index in [9.17, 15) is 9.90 Å².